The van der Waals surface area contributed by atoms with E-state index in [0.29, 0.717) is 31.3 Å². The molecule has 3 atom stereocenters. The Labute approximate surface area is 176 Å². The Morgan fingerprint density at radius 2 is 1.90 bits per heavy atom. The highest BCUT2D eigenvalue weighted by molar-refractivity contribution is 5.35. The van der Waals surface area contributed by atoms with Crippen LogP contribution in [0.15, 0.2) is 18.2 Å². The van der Waals surface area contributed by atoms with Crippen LogP contribution in [-0.4, -0.2) is 38.8 Å². The summed E-state index contributed by atoms with van der Waals surface area (Å²) < 4.78 is 60.0. The second kappa shape index (κ2) is 7.90. The molecule has 7 nitrogen and oxygen atoms in total. The number of anilines is 1. The zero-order valence-electron chi connectivity index (χ0n) is 17.0. The number of nitrogens with zero attached hydrogens (tertiary/aromatic N) is 5. The van der Waals surface area contributed by atoms with Crippen LogP contribution < -0.4 is 10.1 Å². The van der Waals surface area contributed by atoms with Crippen molar-refractivity contribution in [1.82, 2.24) is 19.7 Å². The fraction of sp³-hybridized carbons (Fsp3) is 0.550. The van der Waals surface area contributed by atoms with E-state index in [-0.39, 0.29) is 35.9 Å². The smallest absolute Gasteiger partial charge is 0.416 e. The second-order valence-corrected chi connectivity index (χ2v) is 8.27. The van der Waals surface area contributed by atoms with E-state index >= 15 is 0 Å². The minimum atomic E-state index is -4.62. The number of fused-ring (bicyclic) bond motifs is 2. The number of ether oxygens (including phenoxy) is 1. The summed E-state index contributed by atoms with van der Waals surface area (Å²) in [5, 5.41) is 16.9. The molecule has 2 aliphatic rings. The summed E-state index contributed by atoms with van der Waals surface area (Å²) in [5.74, 6) is -0.687. The maximum atomic E-state index is 14.1. The average molecular weight is 438 g/mol. The van der Waals surface area contributed by atoms with Crippen LogP contribution in [0.25, 0.3) is 0 Å². The van der Waals surface area contributed by atoms with Crippen LogP contribution in [0.3, 0.4) is 0 Å². The minimum absolute atomic E-state index is 0.0887. The van der Waals surface area contributed by atoms with Crippen molar-refractivity contribution in [2.24, 2.45) is 11.8 Å². The Bertz CT molecular complexity index is 985. The fourth-order valence-corrected chi connectivity index (χ4v) is 4.32. The number of piperidine rings is 1. The second-order valence-electron chi connectivity index (χ2n) is 8.27. The Morgan fingerprint density at radius 3 is 2.48 bits per heavy atom. The first kappa shape index (κ1) is 21.2. The molecule has 2 heterocycles. The SMILES string of the molecule is CC(C)n1nc(N[C@H]2[C@@H]3CC[C@H]2CN(C#N)C3)nc1Oc1cc(C(F)(F)F)ccc1F. The molecule has 11 heteroatoms. The van der Waals surface area contributed by atoms with Gasteiger partial charge in [-0.3, -0.25) is 0 Å². The lowest BCUT2D eigenvalue weighted by Crippen LogP contribution is -2.46. The number of nitrogens with one attached hydrogen (secondary N) is 1. The lowest BCUT2D eigenvalue weighted by Gasteiger charge is -2.35. The van der Waals surface area contributed by atoms with Gasteiger partial charge in [-0.1, -0.05) is 0 Å². The number of nitriles is 1. The molecular formula is C20H22F4N6O. The normalized spacial score (nSPS) is 23.2. The van der Waals surface area contributed by atoms with Crippen molar-refractivity contribution < 1.29 is 22.3 Å². The highest BCUT2D eigenvalue weighted by Gasteiger charge is 2.42. The van der Waals surface area contributed by atoms with Crippen LogP contribution in [0.4, 0.5) is 23.5 Å². The van der Waals surface area contributed by atoms with Crippen molar-refractivity contribution in [2.75, 3.05) is 18.4 Å². The molecule has 1 saturated carbocycles. The molecule has 31 heavy (non-hydrogen) atoms. The maximum absolute atomic E-state index is 14.1. The summed E-state index contributed by atoms with van der Waals surface area (Å²) in [6.07, 6.45) is -0.443. The molecule has 1 aliphatic heterocycles. The highest BCUT2D eigenvalue weighted by Crippen LogP contribution is 2.39. The number of alkyl halides is 3. The Morgan fingerprint density at radius 1 is 1.23 bits per heavy atom. The third-order valence-corrected chi connectivity index (χ3v) is 5.82. The molecule has 166 valence electrons. The first-order chi connectivity index (χ1) is 14.7. The molecule has 1 aromatic heterocycles. The van der Waals surface area contributed by atoms with Crippen molar-refractivity contribution in [3.8, 4) is 18.0 Å². The first-order valence-corrected chi connectivity index (χ1v) is 10.1. The number of halogens is 4. The molecule has 2 bridgehead atoms. The third-order valence-electron chi connectivity index (χ3n) is 5.82. The van der Waals surface area contributed by atoms with E-state index in [9.17, 15) is 22.8 Å². The van der Waals surface area contributed by atoms with E-state index < -0.39 is 23.3 Å². The minimum Gasteiger partial charge on any atom is -0.421 e. The molecule has 0 amide bonds. The van der Waals surface area contributed by atoms with Gasteiger partial charge in [0, 0.05) is 19.1 Å². The molecule has 1 saturated heterocycles. The van der Waals surface area contributed by atoms with Gasteiger partial charge in [-0.25, -0.2) is 9.07 Å². The van der Waals surface area contributed by atoms with Gasteiger partial charge in [0.15, 0.2) is 17.8 Å². The van der Waals surface area contributed by atoms with Gasteiger partial charge < -0.3 is 15.0 Å². The lowest BCUT2D eigenvalue weighted by molar-refractivity contribution is -0.137. The topological polar surface area (TPSA) is 79.0 Å². The van der Waals surface area contributed by atoms with Crippen molar-refractivity contribution >= 4 is 5.95 Å². The van der Waals surface area contributed by atoms with Crippen LogP contribution in [0.1, 0.15) is 38.3 Å². The summed E-state index contributed by atoms with van der Waals surface area (Å²) in [4.78, 5) is 6.04. The van der Waals surface area contributed by atoms with Crippen molar-refractivity contribution in [2.45, 2.75) is 44.9 Å². The lowest BCUT2D eigenvalue weighted by atomic mass is 9.92. The van der Waals surface area contributed by atoms with Gasteiger partial charge in [0.2, 0.25) is 5.95 Å². The molecule has 0 unspecified atom stereocenters. The molecule has 2 fully saturated rings. The Balaban J connectivity index is 1.57. The standard InChI is InChI=1S/C20H22F4N6O/c1-11(2)30-19(31-16-7-14(20(22,23)24)5-6-15(16)21)27-18(28-30)26-17-12-3-4-13(17)9-29(8-12)10-25/h5-7,11-13,17H,3-4,8-9H2,1-2H3,(H,26,28)/t12-,13+,17+. The predicted octanol–water partition coefficient (Wildman–Crippen LogP) is 4.41. The molecule has 4 rings (SSSR count). The van der Waals surface area contributed by atoms with Crippen LogP contribution in [0.5, 0.6) is 11.8 Å². The van der Waals surface area contributed by atoms with Gasteiger partial charge in [-0.15, -0.1) is 5.10 Å². The molecule has 2 aromatic rings. The van der Waals surface area contributed by atoms with Crippen LogP contribution in [-0.2, 0) is 6.18 Å². The van der Waals surface area contributed by atoms with Crippen LogP contribution in [0, 0.1) is 29.1 Å². The molecular weight excluding hydrogens is 416 g/mol. The van der Waals surface area contributed by atoms with Crippen molar-refractivity contribution in [3.05, 3.63) is 29.6 Å². The largest absolute Gasteiger partial charge is 0.421 e. The summed E-state index contributed by atoms with van der Waals surface area (Å²) in [6.45, 7) is 4.94. The fourth-order valence-electron chi connectivity index (χ4n) is 4.32. The summed E-state index contributed by atoms with van der Waals surface area (Å²) in [6, 6.07) is 1.76. The van der Waals surface area contributed by atoms with E-state index in [1.165, 1.54) is 4.68 Å². The highest BCUT2D eigenvalue weighted by atomic mass is 19.4. The van der Waals surface area contributed by atoms with E-state index in [4.69, 9.17) is 4.74 Å². The van der Waals surface area contributed by atoms with Gasteiger partial charge in [0.25, 0.3) is 0 Å². The van der Waals surface area contributed by atoms with Gasteiger partial charge in [-0.2, -0.15) is 23.4 Å². The van der Waals surface area contributed by atoms with Crippen LogP contribution >= 0.6 is 0 Å². The van der Waals surface area contributed by atoms with Gasteiger partial charge >= 0.3 is 12.2 Å². The van der Waals surface area contributed by atoms with Gasteiger partial charge in [-0.05, 0) is 56.7 Å². The van der Waals surface area contributed by atoms with E-state index in [2.05, 4.69) is 21.6 Å². The predicted molar refractivity (Wildman–Crippen MR) is 103 cm³/mol. The average Bonchev–Trinajstić information content (AvgIpc) is 3.19. The summed E-state index contributed by atoms with van der Waals surface area (Å²) >= 11 is 0. The number of hydrogen-bond donors (Lipinski definition) is 1. The molecule has 1 aromatic carbocycles. The Kier molecular flexibility index (Phi) is 5.41. The number of hydrogen-bond acceptors (Lipinski definition) is 6. The van der Waals surface area contributed by atoms with Gasteiger partial charge in [0.05, 0.1) is 11.6 Å². The zero-order chi connectivity index (χ0) is 22.3. The van der Waals surface area contributed by atoms with Gasteiger partial charge in [0.1, 0.15) is 0 Å². The summed E-state index contributed by atoms with van der Waals surface area (Å²) in [7, 11) is 0. The van der Waals surface area contributed by atoms with E-state index in [1.807, 2.05) is 13.8 Å². The molecule has 1 aliphatic carbocycles. The monoisotopic (exact) mass is 438 g/mol. The first-order valence-electron chi connectivity index (χ1n) is 10.1. The van der Waals surface area contributed by atoms with E-state index in [1.54, 1.807) is 4.90 Å². The zero-order valence-corrected chi connectivity index (χ0v) is 17.0. The number of aromatic nitrogens is 3. The summed E-state index contributed by atoms with van der Waals surface area (Å²) in [5.41, 5.74) is -1.02. The maximum Gasteiger partial charge on any atom is 0.416 e. The Hall–Kier alpha value is -3.03. The quantitative estimate of drug-likeness (QED) is 0.550. The van der Waals surface area contributed by atoms with Crippen molar-refractivity contribution in [1.29, 1.82) is 5.26 Å². The molecule has 0 radical (unpaired) electrons. The molecule has 1 N–H and O–H groups in total. The van der Waals surface area contributed by atoms with E-state index in [0.717, 1.165) is 12.8 Å². The number of benzene rings is 1. The third kappa shape index (κ3) is 4.24. The number of rotatable bonds is 5. The van der Waals surface area contributed by atoms with Crippen molar-refractivity contribution in [3.63, 3.8) is 0 Å². The number of likely N-dealkylation sites (tertiary alicyclic amines) is 1. The molecule has 0 spiro atoms. The van der Waals surface area contributed by atoms with Crippen LogP contribution in [0.2, 0.25) is 0 Å².